The van der Waals surface area contributed by atoms with Crippen molar-refractivity contribution in [3.8, 4) is 33.2 Å². The molecule has 2 aliphatic heterocycles. The van der Waals surface area contributed by atoms with Crippen LogP contribution in [0.1, 0.15) is 96.6 Å². The number of methoxy groups -OCH3 is 1. The van der Waals surface area contributed by atoms with E-state index in [9.17, 15) is 29.1 Å². The van der Waals surface area contributed by atoms with Crippen LogP contribution in [0, 0.1) is 19.3 Å². The maximum Gasteiger partial charge on any atom is 0.252 e. The summed E-state index contributed by atoms with van der Waals surface area (Å²) in [4.78, 5) is 78.2. The molecule has 1 fully saturated rings. The lowest BCUT2D eigenvalue weighted by molar-refractivity contribution is -0.144. The van der Waals surface area contributed by atoms with E-state index in [1.54, 1.807) is 36.1 Å². The van der Waals surface area contributed by atoms with Gasteiger partial charge in [0.25, 0.3) is 5.91 Å². The Hall–Kier alpha value is -6.71. The van der Waals surface area contributed by atoms with Crippen LogP contribution >= 0.6 is 11.3 Å². The van der Waals surface area contributed by atoms with Gasteiger partial charge in [0.2, 0.25) is 23.6 Å². The van der Waals surface area contributed by atoms with Crippen molar-refractivity contribution in [2.45, 2.75) is 110 Å². The van der Waals surface area contributed by atoms with Gasteiger partial charge in [-0.2, -0.15) is 0 Å². The van der Waals surface area contributed by atoms with Crippen molar-refractivity contribution in [1.82, 2.24) is 40.7 Å². The van der Waals surface area contributed by atoms with Gasteiger partial charge in [-0.1, -0.05) is 57.2 Å². The summed E-state index contributed by atoms with van der Waals surface area (Å²) in [7, 11) is 1.56. The summed E-state index contributed by atoms with van der Waals surface area (Å²) < 4.78 is 30.5. The smallest absolute Gasteiger partial charge is 0.252 e. The quantitative estimate of drug-likeness (QED) is 0.0461. The van der Waals surface area contributed by atoms with Crippen molar-refractivity contribution in [1.29, 1.82) is 0 Å². The Morgan fingerprint density at radius 1 is 0.870 bits per heavy atom. The lowest BCUT2D eigenvalue weighted by atomic mass is 9.85. The number of likely N-dealkylation sites (tertiary alicyclic amines) is 1. The molecule has 1 aliphatic carbocycles. The fourth-order valence-electron chi connectivity index (χ4n) is 9.89. The molecule has 19 nitrogen and oxygen atoms in total. The molecule has 5 N–H and O–H groups in total. The topological polar surface area (TPSA) is 234 Å². The number of carbonyl (C=O) groups is 5. The molecule has 1 unspecified atom stereocenters. The molecule has 5 aromatic rings. The van der Waals surface area contributed by atoms with Gasteiger partial charge in [0.1, 0.15) is 42.6 Å². The summed E-state index contributed by atoms with van der Waals surface area (Å²) in [6.45, 7) is 11.2. The normalized spacial score (nSPS) is 17.1. The second kappa shape index (κ2) is 26.1. The highest BCUT2D eigenvalue weighted by Crippen LogP contribution is 2.36. The van der Waals surface area contributed by atoms with Crippen LogP contribution in [0.5, 0.6) is 11.5 Å². The van der Waals surface area contributed by atoms with Gasteiger partial charge in [-0.15, -0.1) is 11.3 Å². The minimum absolute atomic E-state index is 0.0364. The summed E-state index contributed by atoms with van der Waals surface area (Å²) >= 11 is 1.56. The van der Waals surface area contributed by atoms with Crippen molar-refractivity contribution in [2.24, 2.45) is 5.41 Å². The van der Waals surface area contributed by atoms with E-state index in [2.05, 4.69) is 55.2 Å². The fourth-order valence-corrected chi connectivity index (χ4v) is 10.7. The zero-order valence-corrected chi connectivity index (χ0v) is 45.7. The molecule has 1 saturated heterocycles. The van der Waals surface area contributed by atoms with E-state index >= 15 is 0 Å². The number of nitrogens with one attached hydrogen (secondary N) is 4. The number of rotatable bonds is 25. The number of nitrogens with zero attached hydrogens (tertiary/aromatic N) is 4. The first-order chi connectivity index (χ1) is 37.1. The first kappa shape index (κ1) is 56.5. The van der Waals surface area contributed by atoms with E-state index in [4.69, 9.17) is 28.7 Å². The Balaban J connectivity index is 0.681. The molecule has 2 aromatic heterocycles. The molecule has 412 valence electrons. The minimum atomic E-state index is -0.996. The number of ether oxygens (including phenoxy) is 5. The van der Waals surface area contributed by atoms with Gasteiger partial charge < -0.3 is 59.5 Å². The van der Waals surface area contributed by atoms with Crippen molar-refractivity contribution >= 4 is 40.9 Å². The number of hydrogen-bond acceptors (Lipinski definition) is 14. The maximum atomic E-state index is 14.0. The van der Waals surface area contributed by atoms with Crippen LogP contribution in [0.3, 0.4) is 0 Å². The molecule has 3 aromatic carbocycles. The number of thiazole rings is 1. The van der Waals surface area contributed by atoms with Gasteiger partial charge in [-0.25, -0.2) is 9.97 Å². The number of carbonyl (C=O) groups excluding carboxylic acids is 5. The van der Waals surface area contributed by atoms with E-state index < -0.39 is 35.4 Å². The summed E-state index contributed by atoms with van der Waals surface area (Å²) in [5, 5.41) is 22.3. The predicted molar refractivity (Wildman–Crippen MR) is 289 cm³/mol. The summed E-state index contributed by atoms with van der Waals surface area (Å²) in [5.41, 5.74) is 9.51. The number of β-amino-alcohol motifs (C(OH)–C–C–N with tert-alkyl or cyclic N) is 1. The number of aromatic nitrogens is 3. The van der Waals surface area contributed by atoms with Crippen LogP contribution in [0.15, 0.2) is 66.3 Å². The zero-order chi connectivity index (χ0) is 54.6. The Labute approximate surface area is 453 Å². The van der Waals surface area contributed by atoms with Crippen molar-refractivity contribution in [2.75, 3.05) is 66.4 Å². The van der Waals surface area contributed by atoms with Gasteiger partial charge in [-0.05, 0) is 85.4 Å². The molecule has 5 amide bonds. The van der Waals surface area contributed by atoms with Crippen LogP contribution in [-0.4, -0.2) is 139 Å². The van der Waals surface area contributed by atoms with E-state index in [1.807, 2.05) is 58.9 Å². The highest BCUT2D eigenvalue weighted by Gasteiger charge is 2.44. The number of aliphatic hydroxyl groups excluding tert-OH is 1. The highest BCUT2D eigenvalue weighted by molar-refractivity contribution is 7.13. The molecular formula is C57H72N8O11S. The molecular weight excluding hydrogens is 1000 g/mol. The van der Waals surface area contributed by atoms with Crippen molar-refractivity contribution < 1.29 is 52.8 Å². The van der Waals surface area contributed by atoms with Gasteiger partial charge in [0.15, 0.2) is 0 Å². The minimum Gasteiger partial charge on any atom is -0.496 e. The van der Waals surface area contributed by atoms with Crippen LogP contribution in [-0.2, 0) is 59.3 Å². The zero-order valence-electron chi connectivity index (χ0n) is 44.9. The number of benzene rings is 3. The summed E-state index contributed by atoms with van der Waals surface area (Å²) in [6, 6.07) is 15.7. The van der Waals surface area contributed by atoms with Crippen molar-refractivity contribution in [3.63, 3.8) is 0 Å². The molecule has 3 aliphatic rings. The number of aryl methyl sites for hydroxylation is 4. The van der Waals surface area contributed by atoms with Crippen LogP contribution in [0.25, 0.3) is 21.7 Å². The first-order valence-corrected chi connectivity index (χ1v) is 27.3. The third-order valence-corrected chi connectivity index (χ3v) is 15.1. The van der Waals surface area contributed by atoms with Gasteiger partial charge in [0, 0.05) is 61.9 Å². The Kier molecular flexibility index (Phi) is 19.1. The second-order valence-corrected chi connectivity index (χ2v) is 21.7. The molecule has 0 bridgehead atoms. The molecule has 77 heavy (non-hydrogen) atoms. The van der Waals surface area contributed by atoms with Crippen LogP contribution < -0.4 is 30.7 Å². The molecule has 8 rings (SSSR count). The van der Waals surface area contributed by atoms with E-state index in [0.29, 0.717) is 30.0 Å². The monoisotopic (exact) mass is 1080 g/mol. The highest BCUT2D eigenvalue weighted by atomic mass is 32.1. The molecule has 0 saturated carbocycles. The lowest BCUT2D eigenvalue weighted by Crippen LogP contribution is -2.58. The Bertz CT molecular complexity index is 2860. The standard InChI is InChI=1S/C57H72N8O11S/c1-35-47(72-6)26-41(54(69)62-44-17-16-38-14-15-40(25-43(38)44)45-31-64-19-7-9-49(64)61-45)27-48(35)76-20-8-18-58-50(67)32-74-23-21-73-22-24-75-33-51(68)63-53(57(3,4)5)56(71)65-30-42(66)28-46(65)55(70)59-29-37-10-12-39(13-11-37)52-36(2)60-34-77-52/h10-15,25-27,31,34,42,44,46,53,66H,7-9,16-24,28-30,32-33H2,1-6H3,(H,58,67)(H,59,70)(H,62,69)(H,63,68)/t42-,44-,46+,53?/m1/s1. The lowest BCUT2D eigenvalue weighted by Gasteiger charge is -2.35. The molecule has 0 spiro atoms. The van der Waals surface area contributed by atoms with Crippen molar-refractivity contribution in [3.05, 3.63) is 106 Å². The van der Waals surface area contributed by atoms with E-state index in [-0.39, 0.29) is 89.5 Å². The average molecular weight is 1080 g/mol. The molecule has 4 atom stereocenters. The third kappa shape index (κ3) is 14.7. The first-order valence-electron chi connectivity index (χ1n) is 26.4. The maximum absolute atomic E-state index is 14.0. The second-order valence-electron chi connectivity index (χ2n) is 20.8. The third-order valence-electron chi connectivity index (χ3n) is 14.1. The fraction of sp³-hybridized carbons (Fsp3) is 0.491. The average Bonchev–Trinajstić information content (AvgIpc) is 4.28. The van der Waals surface area contributed by atoms with Crippen LogP contribution in [0.2, 0.25) is 0 Å². The number of aliphatic hydroxyl groups is 1. The molecule has 0 radical (unpaired) electrons. The van der Waals surface area contributed by atoms with Gasteiger partial charge in [-0.3, -0.25) is 24.0 Å². The number of amides is 5. The van der Waals surface area contributed by atoms with E-state index in [0.717, 1.165) is 82.1 Å². The largest absolute Gasteiger partial charge is 0.496 e. The Morgan fingerprint density at radius 3 is 2.31 bits per heavy atom. The summed E-state index contributed by atoms with van der Waals surface area (Å²) in [5.74, 6) is 0.296. The number of fused-ring (bicyclic) bond motifs is 2. The molecule has 20 heteroatoms. The molecule has 4 heterocycles. The van der Waals surface area contributed by atoms with Gasteiger partial charge in [0.05, 0.1) is 74.1 Å². The van der Waals surface area contributed by atoms with E-state index in [1.165, 1.54) is 10.5 Å². The number of hydrogen-bond donors (Lipinski definition) is 5. The summed E-state index contributed by atoms with van der Waals surface area (Å²) in [6.07, 6.45) is 5.63. The SMILES string of the molecule is COc1cc(C(=O)N[C@@H]2CCc3ccc(-c4cn5c(n4)CCC5)cc32)cc(OCCCNC(=O)COCCOCCOCC(=O)NC(C(=O)N2C[C@H](O)C[C@H]2C(=O)NCc2ccc(-c3scnc3C)cc2)C(C)(C)C)c1C. The predicted octanol–water partition coefficient (Wildman–Crippen LogP) is 5.41. The number of imidazole rings is 1. The van der Waals surface area contributed by atoms with Gasteiger partial charge >= 0.3 is 0 Å². The van der Waals surface area contributed by atoms with Crippen LogP contribution in [0.4, 0.5) is 0 Å². The Morgan fingerprint density at radius 2 is 1.60 bits per heavy atom.